The van der Waals surface area contributed by atoms with E-state index in [-0.39, 0.29) is 24.0 Å². The van der Waals surface area contributed by atoms with Gasteiger partial charge in [0.2, 0.25) is 0 Å². The van der Waals surface area contributed by atoms with E-state index in [0.717, 1.165) is 5.56 Å². The minimum atomic E-state index is -1.03. The molecule has 8 heteroatoms. The third-order valence-corrected chi connectivity index (χ3v) is 5.52. The van der Waals surface area contributed by atoms with Gasteiger partial charge in [0.15, 0.2) is 0 Å². The Labute approximate surface area is 190 Å². The molecular formula is C24H22ClFN4O2. The molecule has 164 valence electrons. The standard InChI is InChI=1S/C24H22ClFN4O2/c1-24(14-32-21(22(27)30-24)11-15-5-3-2-4-6-15)18-12-17(8-9-19(18)26)29-23(31)20-10-7-16(25)13-28-20/h2-10,12-13,21H,11,14H2,1H3,(H2,27,30)(H,29,31)/t21-,24-/m0/s1. The van der Waals surface area contributed by atoms with Crippen molar-refractivity contribution < 1.29 is 13.9 Å². The maximum atomic E-state index is 14.8. The Morgan fingerprint density at radius 3 is 2.72 bits per heavy atom. The minimum Gasteiger partial charge on any atom is -0.385 e. The first-order valence-corrected chi connectivity index (χ1v) is 10.5. The number of benzene rings is 2. The van der Waals surface area contributed by atoms with Crippen LogP contribution in [-0.2, 0) is 16.7 Å². The summed E-state index contributed by atoms with van der Waals surface area (Å²) in [5.74, 6) is -0.589. The summed E-state index contributed by atoms with van der Waals surface area (Å²) >= 11 is 5.81. The summed E-state index contributed by atoms with van der Waals surface area (Å²) in [7, 11) is 0. The van der Waals surface area contributed by atoms with Crippen LogP contribution < -0.4 is 11.1 Å². The molecule has 4 rings (SSSR count). The molecule has 1 aliphatic rings. The van der Waals surface area contributed by atoms with Crippen molar-refractivity contribution in [1.29, 1.82) is 0 Å². The summed E-state index contributed by atoms with van der Waals surface area (Å²) in [4.78, 5) is 21.1. The van der Waals surface area contributed by atoms with Crippen LogP contribution in [0.1, 0.15) is 28.5 Å². The molecule has 0 fully saturated rings. The lowest BCUT2D eigenvalue weighted by atomic mass is 9.90. The Bertz CT molecular complexity index is 1150. The predicted molar refractivity (Wildman–Crippen MR) is 122 cm³/mol. The van der Waals surface area contributed by atoms with Gasteiger partial charge in [-0.25, -0.2) is 9.37 Å². The number of rotatable bonds is 5. The number of halogens is 2. The molecule has 0 bridgehead atoms. The number of amidine groups is 1. The molecule has 2 atom stereocenters. The molecule has 1 aliphatic heterocycles. The molecule has 32 heavy (non-hydrogen) atoms. The topological polar surface area (TPSA) is 89.6 Å². The maximum absolute atomic E-state index is 14.8. The third kappa shape index (κ3) is 4.79. The van der Waals surface area contributed by atoms with Crippen LogP contribution in [0.5, 0.6) is 0 Å². The number of carbonyl (C=O) groups is 1. The molecule has 2 aromatic carbocycles. The molecule has 3 N–H and O–H groups in total. The van der Waals surface area contributed by atoms with Gasteiger partial charge in [-0.15, -0.1) is 0 Å². The molecule has 3 aromatic rings. The lowest BCUT2D eigenvalue weighted by molar-refractivity contribution is 0.0445. The normalized spacial score (nSPS) is 20.5. The average molecular weight is 453 g/mol. The first-order chi connectivity index (χ1) is 15.3. The number of anilines is 1. The van der Waals surface area contributed by atoms with Gasteiger partial charge < -0.3 is 15.8 Å². The number of nitrogens with two attached hydrogens (primary N) is 1. The second-order valence-corrected chi connectivity index (χ2v) is 8.25. The summed E-state index contributed by atoms with van der Waals surface area (Å²) < 4.78 is 20.8. The molecule has 0 unspecified atom stereocenters. The first-order valence-electron chi connectivity index (χ1n) is 10.1. The van der Waals surface area contributed by atoms with E-state index >= 15 is 0 Å². The Kier molecular flexibility index (Phi) is 6.21. The molecule has 2 heterocycles. The molecule has 6 nitrogen and oxygen atoms in total. The number of aromatic nitrogens is 1. The Balaban J connectivity index is 1.55. The van der Waals surface area contributed by atoms with Crippen LogP contribution in [0.3, 0.4) is 0 Å². The lowest BCUT2D eigenvalue weighted by Gasteiger charge is -2.34. The van der Waals surface area contributed by atoms with Crippen LogP contribution in [0.25, 0.3) is 0 Å². The summed E-state index contributed by atoms with van der Waals surface area (Å²) in [6.45, 7) is 1.90. The van der Waals surface area contributed by atoms with Crippen LogP contribution in [0.15, 0.2) is 71.9 Å². The van der Waals surface area contributed by atoms with Crippen molar-refractivity contribution in [2.24, 2.45) is 10.7 Å². The van der Waals surface area contributed by atoms with Crippen LogP contribution in [0.2, 0.25) is 5.02 Å². The zero-order valence-corrected chi connectivity index (χ0v) is 18.1. The van der Waals surface area contributed by atoms with E-state index in [1.165, 1.54) is 24.4 Å². The monoisotopic (exact) mass is 452 g/mol. The Morgan fingerprint density at radius 2 is 2.03 bits per heavy atom. The van der Waals surface area contributed by atoms with Crippen molar-refractivity contribution in [3.8, 4) is 0 Å². The first kappa shape index (κ1) is 21.9. The molecule has 0 saturated carbocycles. The number of hydrogen-bond donors (Lipinski definition) is 2. The molecule has 0 saturated heterocycles. The number of hydrogen-bond acceptors (Lipinski definition) is 5. The van der Waals surface area contributed by atoms with E-state index in [4.69, 9.17) is 22.1 Å². The van der Waals surface area contributed by atoms with E-state index < -0.39 is 17.3 Å². The molecule has 0 radical (unpaired) electrons. The van der Waals surface area contributed by atoms with Gasteiger partial charge >= 0.3 is 0 Å². The summed E-state index contributed by atoms with van der Waals surface area (Å²) in [6, 6.07) is 17.2. The van der Waals surface area contributed by atoms with E-state index in [2.05, 4.69) is 15.3 Å². The highest BCUT2D eigenvalue weighted by atomic mass is 35.5. The lowest BCUT2D eigenvalue weighted by Crippen LogP contribution is -2.45. The Morgan fingerprint density at radius 1 is 1.25 bits per heavy atom. The van der Waals surface area contributed by atoms with Crippen LogP contribution in [-0.4, -0.2) is 29.4 Å². The smallest absolute Gasteiger partial charge is 0.274 e. The summed E-state index contributed by atoms with van der Waals surface area (Å²) in [5, 5.41) is 3.15. The van der Waals surface area contributed by atoms with Gasteiger partial charge in [0, 0.05) is 23.9 Å². The average Bonchev–Trinajstić information content (AvgIpc) is 2.78. The van der Waals surface area contributed by atoms with Gasteiger partial charge in [0.1, 0.15) is 29.0 Å². The zero-order valence-electron chi connectivity index (χ0n) is 17.4. The number of nitrogens with zero attached hydrogens (tertiary/aromatic N) is 2. The fourth-order valence-electron chi connectivity index (χ4n) is 3.59. The zero-order chi connectivity index (χ0) is 22.7. The number of amides is 1. The maximum Gasteiger partial charge on any atom is 0.274 e. The van der Waals surface area contributed by atoms with Gasteiger partial charge in [-0.1, -0.05) is 41.9 Å². The number of pyridine rings is 1. The van der Waals surface area contributed by atoms with Crippen molar-refractivity contribution >= 4 is 29.0 Å². The van der Waals surface area contributed by atoms with Gasteiger partial charge in [0.25, 0.3) is 5.91 Å². The highest BCUT2D eigenvalue weighted by Gasteiger charge is 2.36. The largest absolute Gasteiger partial charge is 0.385 e. The molecule has 0 spiro atoms. The van der Waals surface area contributed by atoms with Crippen molar-refractivity contribution in [3.63, 3.8) is 0 Å². The number of ether oxygens (including phenoxy) is 1. The van der Waals surface area contributed by atoms with Crippen LogP contribution >= 0.6 is 11.6 Å². The predicted octanol–water partition coefficient (Wildman–Crippen LogP) is 4.34. The molecule has 1 aromatic heterocycles. The van der Waals surface area contributed by atoms with E-state index in [1.54, 1.807) is 19.1 Å². The van der Waals surface area contributed by atoms with Crippen molar-refractivity contribution in [1.82, 2.24) is 4.98 Å². The minimum absolute atomic E-state index is 0.151. The highest BCUT2D eigenvalue weighted by molar-refractivity contribution is 6.30. The van der Waals surface area contributed by atoms with E-state index in [1.807, 2.05) is 30.3 Å². The van der Waals surface area contributed by atoms with Gasteiger partial charge in [-0.2, -0.15) is 0 Å². The van der Waals surface area contributed by atoms with E-state index in [9.17, 15) is 9.18 Å². The van der Waals surface area contributed by atoms with E-state index in [0.29, 0.717) is 23.0 Å². The molecule has 1 amide bonds. The molecule has 0 aliphatic carbocycles. The highest BCUT2D eigenvalue weighted by Crippen LogP contribution is 2.33. The van der Waals surface area contributed by atoms with Crippen molar-refractivity contribution in [2.45, 2.75) is 25.0 Å². The quantitative estimate of drug-likeness (QED) is 0.602. The van der Waals surface area contributed by atoms with Crippen molar-refractivity contribution in [3.05, 3.63) is 94.5 Å². The van der Waals surface area contributed by atoms with Crippen molar-refractivity contribution in [2.75, 3.05) is 11.9 Å². The number of carbonyl (C=O) groups excluding carboxylic acids is 1. The summed E-state index contributed by atoms with van der Waals surface area (Å²) in [6.07, 6.45) is 1.59. The van der Waals surface area contributed by atoms with Gasteiger partial charge in [0.05, 0.1) is 11.6 Å². The number of aliphatic imine (C=N–C) groups is 1. The Hall–Kier alpha value is -3.29. The summed E-state index contributed by atoms with van der Waals surface area (Å²) in [5.41, 5.74) is 7.14. The fourth-order valence-corrected chi connectivity index (χ4v) is 3.70. The number of nitrogens with one attached hydrogen (secondary N) is 1. The van der Waals surface area contributed by atoms with Gasteiger partial charge in [-0.3, -0.25) is 9.79 Å². The second kappa shape index (κ2) is 9.06. The van der Waals surface area contributed by atoms with Crippen LogP contribution in [0, 0.1) is 5.82 Å². The fraction of sp³-hybridized carbons (Fsp3) is 0.208. The SMILES string of the molecule is C[C@@]1(c2cc(NC(=O)c3ccc(Cl)cn3)ccc2F)CO[C@@H](Cc2ccccc2)C(N)=N1. The van der Waals surface area contributed by atoms with Crippen LogP contribution in [0.4, 0.5) is 10.1 Å². The van der Waals surface area contributed by atoms with Gasteiger partial charge in [-0.05, 0) is 42.8 Å². The molecular weight excluding hydrogens is 431 g/mol. The second-order valence-electron chi connectivity index (χ2n) is 7.81. The third-order valence-electron chi connectivity index (χ3n) is 5.30.